The van der Waals surface area contributed by atoms with Crippen LogP contribution in [0, 0.1) is 0 Å². The summed E-state index contributed by atoms with van der Waals surface area (Å²) in [6, 6.07) is 0. The van der Waals surface area contributed by atoms with E-state index in [-0.39, 0.29) is 32.1 Å². The second kappa shape index (κ2) is 7.64. The molecule has 10 heavy (non-hydrogen) atoms. The first-order valence-electron chi connectivity index (χ1n) is 2.26. The third-order valence-electron chi connectivity index (χ3n) is 0.756. The van der Waals surface area contributed by atoms with Gasteiger partial charge in [-0.1, -0.05) is 11.6 Å². The van der Waals surface area contributed by atoms with Crippen LogP contribution in [0.4, 0.5) is 0 Å². The van der Waals surface area contributed by atoms with Gasteiger partial charge in [-0.15, -0.1) is 34.8 Å². The fraction of sp³-hybridized carbons (Fsp3) is 1.00. The zero-order valence-corrected chi connectivity index (χ0v) is 10.4. The number of hydrogen-bond acceptors (Lipinski definition) is 1. The number of hydrogen-bond donors (Lipinski definition) is 1. The van der Waals surface area contributed by atoms with Gasteiger partial charge in [0.2, 0.25) is 0 Å². The normalized spacial score (nSPS) is 18.9. The third-order valence-corrected chi connectivity index (χ3v) is 2.74. The van der Waals surface area contributed by atoms with Crippen molar-refractivity contribution in [2.75, 3.05) is 5.88 Å². The first-order chi connectivity index (χ1) is 4.09. The minimum atomic E-state index is -1.13. The van der Waals surface area contributed by atoms with Gasteiger partial charge in [0, 0.05) is 32.1 Å². The van der Waals surface area contributed by atoms with Crippen molar-refractivity contribution in [3.05, 3.63) is 0 Å². The van der Waals surface area contributed by atoms with Gasteiger partial charge in [0.05, 0.1) is 10.8 Å². The maximum atomic E-state index is 8.61. The maximum absolute atomic E-state index is 8.61. The summed E-state index contributed by atoms with van der Waals surface area (Å²) in [5.41, 5.74) is -1.13. The minimum absolute atomic E-state index is 0. The van der Waals surface area contributed by atoms with Gasteiger partial charge in [0.1, 0.15) is 5.56 Å². The van der Waals surface area contributed by atoms with Gasteiger partial charge in [-0.25, -0.2) is 0 Å². The maximum Gasteiger partial charge on any atom is 0.145 e. The van der Waals surface area contributed by atoms with E-state index in [1.165, 1.54) is 0 Å². The van der Waals surface area contributed by atoms with Crippen molar-refractivity contribution in [2.45, 2.75) is 16.3 Å². The van der Waals surface area contributed by atoms with E-state index in [9.17, 15) is 0 Å². The zero-order chi connectivity index (χ0) is 7.44. The van der Waals surface area contributed by atoms with Crippen molar-refractivity contribution in [3.8, 4) is 0 Å². The average molecular weight is 303 g/mol. The van der Waals surface area contributed by atoms with Crippen molar-refractivity contribution >= 4 is 46.4 Å². The first kappa shape index (κ1) is 14.5. The van der Waals surface area contributed by atoms with Gasteiger partial charge in [-0.2, -0.15) is 0 Å². The molecule has 0 aromatic heterocycles. The second-order valence-corrected chi connectivity index (χ2v) is 3.31. The standard InChI is InChI=1S/C4H6Cl4O.Zr/c5-1-2(6)3(7)4(8)9;/h2-4,9H,1H2;. The van der Waals surface area contributed by atoms with E-state index < -0.39 is 16.3 Å². The Morgan fingerprint density at radius 3 is 1.70 bits per heavy atom. The van der Waals surface area contributed by atoms with E-state index in [0.717, 1.165) is 0 Å². The molecular formula is C4H6Cl4OZr. The molecule has 0 aliphatic carbocycles. The van der Waals surface area contributed by atoms with E-state index >= 15 is 0 Å². The van der Waals surface area contributed by atoms with E-state index in [1.807, 2.05) is 0 Å². The van der Waals surface area contributed by atoms with Gasteiger partial charge in [-0.3, -0.25) is 0 Å². The Balaban J connectivity index is 0. The average Bonchev–Trinajstić information content (AvgIpc) is 1.84. The van der Waals surface area contributed by atoms with Crippen LogP contribution in [0.1, 0.15) is 0 Å². The number of rotatable bonds is 3. The Kier molecular flexibility index (Phi) is 11.1. The zero-order valence-electron chi connectivity index (χ0n) is 4.90. The summed E-state index contributed by atoms with van der Waals surface area (Å²) >= 11 is 21.5. The Labute approximate surface area is 99.1 Å². The van der Waals surface area contributed by atoms with Crippen LogP contribution in [-0.4, -0.2) is 27.3 Å². The molecule has 1 N–H and O–H groups in total. The van der Waals surface area contributed by atoms with Crippen LogP contribution in [0.25, 0.3) is 0 Å². The summed E-state index contributed by atoms with van der Waals surface area (Å²) < 4.78 is 0. The largest absolute Gasteiger partial charge is 0.376 e. The molecular weight excluding hydrogens is 297 g/mol. The van der Waals surface area contributed by atoms with Crippen LogP contribution >= 0.6 is 46.4 Å². The number of aliphatic hydroxyl groups is 1. The monoisotopic (exact) mass is 300 g/mol. The van der Waals surface area contributed by atoms with E-state index in [0.29, 0.717) is 0 Å². The molecule has 0 aromatic rings. The molecule has 0 spiro atoms. The fourth-order valence-corrected chi connectivity index (χ4v) is 1.02. The molecule has 1 nitrogen and oxygen atoms in total. The predicted octanol–water partition coefficient (Wildman–Crippen LogP) is 1.99. The van der Waals surface area contributed by atoms with Gasteiger partial charge < -0.3 is 5.11 Å². The summed E-state index contributed by atoms with van der Waals surface area (Å²) in [6.07, 6.45) is 0. The molecule has 0 radical (unpaired) electrons. The number of alkyl halides is 4. The number of halogens is 4. The molecule has 0 rings (SSSR count). The summed E-state index contributed by atoms with van der Waals surface area (Å²) in [4.78, 5) is 0. The van der Waals surface area contributed by atoms with Gasteiger partial charge >= 0.3 is 0 Å². The quantitative estimate of drug-likeness (QED) is 0.791. The second-order valence-electron chi connectivity index (χ2n) is 1.49. The first-order valence-corrected chi connectivity index (χ1v) is 4.10. The van der Waals surface area contributed by atoms with Crippen LogP contribution in [0.5, 0.6) is 0 Å². The molecule has 0 aromatic carbocycles. The van der Waals surface area contributed by atoms with Crippen LogP contribution in [-0.2, 0) is 26.2 Å². The predicted molar refractivity (Wildman–Crippen MR) is 41.9 cm³/mol. The molecule has 60 valence electrons. The molecule has 0 amide bonds. The van der Waals surface area contributed by atoms with E-state index in [4.69, 9.17) is 51.5 Å². The molecule has 0 heterocycles. The van der Waals surface area contributed by atoms with Crippen molar-refractivity contribution in [1.29, 1.82) is 0 Å². The van der Waals surface area contributed by atoms with Crippen LogP contribution in [0.2, 0.25) is 0 Å². The Hall–Kier alpha value is 2.00. The molecule has 3 atom stereocenters. The summed E-state index contributed by atoms with van der Waals surface area (Å²) in [5.74, 6) is 0.180. The Morgan fingerprint density at radius 1 is 1.20 bits per heavy atom. The van der Waals surface area contributed by atoms with Gasteiger partial charge in [0.25, 0.3) is 0 Å². The van der Waals surface area contributed by atoms with E-state index in [1.54, 1.807) is 0 Å². The Bertz CT molecular complexity index is 81.7. The molecule has 6 heteroatoms. The molecule has 0 saturated heterocycles. The molecule has 3 unspecified atom stereocenters. The molecule has 0 aliphatic rings. The van der Waals surface area contributed by atoms with Crippen LogP contribution in [0.3, 0.4) is 0 Å². The van der Waals surface area contributed by atoms with Crippen LogP contribution in [0.15, 0.2) is 0 Å². The van der Waals surface area contributed by atoms with Gasteiger partial charge in [0.15, 0.2) is 0 Å². The van der Waals surface area contributed by atoms with Crippen molar-refractivity contribution < 1.29 is 31.3 Å². The molecule has 0 aliphatic heterocycles. The molecule has 0 saturated carbocycles. The smallest absolute Gasteiger partial charge is 0.145 e. The fourth-order valence-electron chi connectivity index (χ4n) is 0.257. The topological polar surface area (TPSA) is 20.2 Å². The SMILES string of the molecule is OC(Cl)C(Cl)C(Cl)CCl.[Zr]. The molecule has 0 fully saturated rings. The van der Waals surface area contributed by atoms with Gasteiger partial charge in [-0.05, 0) is 0 Å². The molecule has 0 bridgehead atoms. The van der Waals surface area contributed by atoms with E-state index in [2.05, 4.69) is 0 Å². The van der Waals surface area contributed by atoms with Crippen molar-refractivity contribution in [2.24, 2.45) is 0 Å². The van der Waals surface area contributed by atoms with Crippen LogP contribution < -0.4 is 0 Å². The summed E-state index contributed by atoms with van der Waals surface area (Å²) in [5, 5.41) is 7.44. The number of aliphatic hydroxyl groups excluding tert-OH is 1. The Morgan fingerprint density at radius 2 is 1.60 bits per heavy atom. The van der Waals surface area contributed by atoms with Crippen molar-refractivity contribution in [1.82, 2.24) is 0 Å². The summed E-state index contributed by atoms with van der Waals surface area (Å²) in [6.45, 7) is 0. The minimum Gasteiger partial charge on any atom is -0.376 e. The summed E-state index contributed by atoms with van der Waals surface area (Å²) in [7, 11) is 0. The third kappa shape index (κ3) is 5.63. The van der Waals surface area contributed by atoms with Crippen molar-refractivity contribution in [3.63, 3.8) is 0 Å².